The molecule has 0 fully saturated rings. The number of alkyl halides is 3. The molecule has 0 aliphatic heterocycles. The van der Waals surface area contributed by atoms with Crippen LogP contribution in [0.4, 0.5) is 30.7 Å². The van der Waals surface area contributed by atoms with Crippen LogP contribution in [0.5, 0.6) is 5.75 Å². The summed E-state index contributed by atoms with van der Waals surface area (Å²) in [6.07, 6.45) is -1.04. The molecule has 2 aromatic carbocycles. The van der Waals surface area contributed by atoms with Crippen molar-refractivity contribution in [1.29, 1.82) is 0 Å². The number of ether oxygens (including phenoxy) is 1. The molecule has 3 aromatic rings. The molecule has 4 nitrogen and oxygen atoms in total. The molecule has 0 saturated heterocycles. The number of nitrogens with zero attached hydrogens (tertiary/aromatic N) is 2. The Balaban J connectivity index is 1.89. The quantitative estimate of drug-likeness (QED) is 0.272. The van der Waals surface area contributed by atoms with E-state index in [4.69, 9.17) is 4.74 Å². The van der Waals surface area contributed by atoms with Crippen molar-refractivity contribution >= 4 is 5.97 Å². The first kappa shape index (κ1) is 23.2. The summed E-state index contributed by atoms with van der Waals surface area (Å²) in [5.41, 5.74) is -3.23. The van der Waals surface area contributed by atoms with Gasteiger partial charge in [-0.2, -0.15) is 13.2 Å². The minimum atomic E-state index is -5.33. The van der Waals surface area contributed by atoms with Gasteiger partial charge < -0.3 is 4.74 Å². The molecule has 0 radical (unpaired) electrons. The predicted molar refractivity (Wildman–Crippen MR) is 97.7 cm³/mol. The Morgan fingerprint density at radius 1 is 0.906 bits per heavy atom. The molecule has 0 amide bonds. The summed E-state index contributed by atoms with van der Waals surface area (Å²) in [6.45, 7) is 1.93. The second-order valence-electron chi connectivity index (χ2n) is 6.63. The van der Waals surface area contributed by atoms with Gasteiger partial charge in [-0.05, 0) is 29.7 Å². The summed E-state index contributed by atoms with van der Waals surface area (Å²) < 4.78 is 99.4. The van der Waals surface area contributed by atoms with Gasteiger partial charge in [-0.3, -0.25) is 0 Å². The molecule has 0 atom stereocenters. The van der Waals surface area contributed by atoms with Crippen LogP contribution in [0.25, 0.3) is 11.1 Å². The van der Waals surface area contributed by atoms with Gasteiger partial charge in [-0.25, -0.2) is 32.3 Å². The third-order valence-corrected chi connectivity index (χ3v) is 4.27. The summed E-state index contributed by atoms with van der Waals surface area (Å²) in [5, 5.41) is 0. The second-order valence-corrected chi connectivity index (χ2v) is 6.63. The van der Waals surface area contributed by atoms with Gasteiger partial charge in [-0.1, -0.05) is 13.3 Å². The lowest BCUT2D eigenvalue weighted by molar-refractivity contribution is -0.142. The van der Waals surface area contributed by atoms with Gasteiger partial charge in [0.1, 0.15) is 34.6 Å². The normalized spacial score (nSPS) is 11.5. The minimum Gasteiger partial charge on any atom is -0.420 e. The Morgan fingerprint density at radius 2 is 1.44 bits per heavy atom. The molecule has 0 unspecified atom stereocenters. The van der Waals surface area contributed by atoms with E-state index in [0.29, 0.717) is 18.6 Å². The average molecular weight is 458 g/mol. The second kappa shape index (κ2) is 8.93. The van der Waals surface area contributed by atoms with Crippen molar-refractivity contribution in [3.05, 3.63) is 76.9 Å². The van der Waals surface area contributed by atoms with E-state index >= 15 is 0 Å². The van der Waals surface area contributed by atoms with E-state index in [2.05, 4.69) is 9.97 Å². The Labute approximate surface area is 176 Å². The summed E-state index contributed by atoms with van der Waals surface area (Å²) in [4.78, 5) is 19.7. The van der Waals surface area contributed by atoms with Gasteiger partial charge in [0.05, 0.1) is 5.56 Å². The van der Waals surface area contributed by atoms with Gasteiger partial charge in [0.15, 0.2) is 0 Å². The third kappa shape index (κ3) is 4.87. The van der Waals surface area contributed by atoms with Crippen LogP contribution in [0.3, 0.4) is 0 Å². The number of benzene rings is 2. The SMILES string of the molecule is CCCc1cnc(C(=O)Oc2cc(F)c(-c3cc(F)c(C(F)(F)F)c(F)c3)c(F)c2)nc1. The molecule has 168 valence electrons. The molecule has 3 rings (SSSR count). The lowest BCUT2D eigenvalue weighted by atomic mass is 10.0. The number of halogens is 7. The van der Waals surface area contributed by atoms with E-state index in [1.165, 1.54) is 12.4 Å². The van der Waals surface area contributed by atoms with E-state index in [-0.39, 0.29) is 18.0 Å². The average Bonchev–Trinajstić information content (AvgIpc) is 2.66. The van der Waals surface area contributed by atoms with Crippen LogP contribution in [0.15, 0.2) is 36.7 Å². The van der Waals surface area contributed by atoms with Crippen molar-refractivity contribution in [1.82, 2.24) is 9.97 Å². The maximum atomic E-state index is 14.5. The van der Waals surface area contributed by atoms with Gasteiger partial charge in [0, 0.05) is 24.5 Å². The number of rotatable bonds is 5. The molecule has 0 N–H and O–H groups in total. The van der Waals surface area contributed by atoms with Crippen LogP contribution in [-0.4, -0.2) is 15.9 Å². The molecular weight excluding hydrogens is 445 g/mol. The zero-order valence-corrected chi connectivity index (χ0v) is 16.2. The Hall–Kier alpha value is -3.50. The van der Waals surface area contributed by atoms with Crippen molar-refractivity contribution in [3.63, 3.8) is 0 Å². The number of esters is 1. The summed E-state index contributed by atoms with van der Waals surface area (Å²) in [7, 11) is 0. The van der Waals surface area contributed by atoms with Crippen LogP contribution in [0, 0.1) is 23.3 Å². The van der Waals surface area contributed by atoms with E-state index < -0.39 is 57.9 Å². The number of carbonyl (C=O) groups is 1. The van der Waals surface area contributed by atoms with E-state index in [9.17, 15) is 35.5 Å². The van der Waals surface area contributed by atoms with E-state index in [0.717, 1.165) is 12.0 Å². The smallest absolute Gasteiger partial charge is 0.420 e. The highest BCUT2D eigenvalue weighted by Crippen LogP contribution is 2.37. The minimum absolute atomic E-state index is 0.158. The highest BCUT2D eigenvalue weighted by atomic mass is 19.4. The fourth-order valence-electron chi connectivity index (χ4n) is 2.90. The summed E-state index contributed by atoms with van der Waals surface area (Å²) in [6, 6.07) is 1.39. The molecule has 0 saturated carbocycles. The lowest BCUT2D eigenvalue weighted by Crippen LogP contribution is -2.13. The third-order valence-electron chi connectivity index (χ3n) is 4.27. The number of carbonyl (C=O) groups excluding carboxylic acids is 1. The number of aryl methyl sites for hydroxylation is 1. The maximum Gasteiger partial charge on any atom is 0.422 e. The Kier molecular flexibility index (Phi) is 6.47. The van der Waals surface area contributed by atoms with Crippen LogP contribution in [-0.2, 0) is 12.6 Å². The molecule has 1 aromatic heterocycles. The van der Waals surface area contributed by atoms with Crippen LogP contribution >= 0.6 is 0 Å². The lowest BCUT2D eigenvalue weighted by Gasteiger charge is -2.13. The summed E-state index contributed by atoms with van der Waals surface area (Å²) in [5.74, 6) is -9.03. The number of hydrogen-bond donors (Lipinski definition) is 0. The highest BCUT2D eigenvalue weighted by Gasteiger charge is 2.38. The largest absolute Gasteiger partial charge is 0.422 e. The van der Waals surface area contributed by atoms with Crippen molar-refractivity contribution in [2.75, 3.05) is 0 Å². The predicted octanol–water partition coefficient (Wildman–Crippen LogP) is 5.89. The van der Waals surface area contributed by atoms with Crippen LogP contribution in [0.2, 0.25) is 0 Å². The zero-order chi connectivity index (χ0) is 23.6. The Bertz CT molecular complexity index is 1120. The first-order chi connectivity index (χ1) is 15.0. The van der Waals surface area contributed by atoms with Crippen molar-refractivity contribution in [2.45, 2.75) is 25.9 Å². The number of aromatic nitrogens is 2. The van der Waals surface area contributed by atoms with Gasteiger partial charge in [0.2, 0.25) is 5.82 Å². The fourth-order valence-corrected chi connectivity index (χ4v) is 2.90. The molecule has 32 heavy (non-hydrogen) atoms. The molecule has 0 spiro atoms. The van der Waals surface area contributed by atoms with Crippen LogP contribution < -0.4 is 4.74 Å². The van der Waals surface area contributed by atoms with Crippen molar-refractivity contribution < 1.29 is 40.3 Å². The van der Waals surface area contributed by atoms with Gasteiger partial charge >= 0.3 is 12.1 Å². The molecular formula is C21H13F7N2O2. The van der Waals surface area contributed by atoms with E-state index in [1.807, 2.05) is 6.92 Å². The molecule has 0 bridgehead atoms. The van der Waals surface area contributed by atoms with Gasteiger partial charge in [0.25, 0.3) is 0 Å². The van der Waals surface area contributed by atoms with Gasteiger partial charge in [-0.15, -0.1) is 0 Å². The van der Waals surface area contributed by atoms with Crippen molar-refractivity contribution in [2.24, 2.45) is 0 Å². The fraction of sp³-hybridized carbons (Fsp3) is 0.190. The molecule has 0 aliphatic carbocycles. The monoisotopic (exact) mass is 458 g/mol. The van der Waals surface area contributed by atoms with Crippen LogP contribution in [0.1, 0.15) is 35.1 Å². The zero-order valence-electron chi connectivity index (χ0n) is 16.2. The first-order valence-electron chi connectivity index (χ1n) is 9.10. The Morgan fingerprint density at radius 3 is 1.91 bits per heavy atom. The molecule has 11 heteroatoms. The number of hydrogen-bond acceptors (Lipinski definition) is 4. The van der Waals surface area contributed by atoms with Crippen molar-refractivity contribution in [3.8, 4) is 16.9 Å². The van der Waals surface area contributed by atoms with E-state index in [1.54, 1.807) is 0 Å². The maximum absolute atomic E-state index is 14.5. The highest BCUT2D eigenvalue weighted by molar-refractivity contribution is 5.87. The first-order valence-corrected chi connectivity index (χ1v) is 9.10. The molecule has 0 aliphatic rings. The molecule has 1 heterocycles. The summed E-state index contributed by atoms with van der Waals surface area (Å²) >= 11 is 0. The topological polar surface area (TPSA) is 52.1 Å². The standard InChI is InChI=1S/C21H13F7N2O2/c1-2-3-10-8-29-19(30-9-10)20(31)32-12-6-13(22)17(14(23)7-12)11-4-15(24)18(16(25)5-11)21(26,27)28/h4-9H,2-3H2,1H3.